The molecule has 1 heterocycles. The second-order valence-electron chi connectivity index (χ2n) is 5.30. The molecule has 4 nitrogen and oxygen atoms in total. The van der Waals surface area contributed by atoms with Gasteiger partial charge in [-0.25, -0.2) is 4.79 Å². The van der Waals surface area contributed by atoms with Gasteiger partial charge in [0, 0.05) is 6.54 Å². The lowest BCUT2D eigenvalue weighted by Crippen LogP contribution is -2.29. The maximum atomic E-state index is 11.5. The Morgan fingerprint density at radius 1 is 1.45 bits per heavy atom. The summed E-state index contributed by atoms with van der Waals surface area (Å²) in [6.45, 7) is 5.88. The first-order valence-corrected chi connectivity index (χ1v) is 7.18. The van der Waals surface area contributed by atoms with Gasteiger partial charge < -0.3 is 14.8 Å². The van der Waals surface area contributed by atoms with Crippen LogP contribution in [0.2, 0.25) is 0 Å². The molecule has 1 aliphatic rings. The molecule has 2 rings (SSSR count). The number of ether oxygens (including phenoxy) is 2. The molecule has 0 aromatic heterocycles. The summed E-state index contributed by atoms with van der Waals surface area (Å²) in [5.41, 5.74) is 2.43. The smallest absolute Gasteiger partial charge is 0.346 e. The number of hydrogen-bond acceptors (Lipinski definition) is 4. The molecule has 1 aromatic carbocycles. The van der Waals surface area contributed by atoms with Gasteiger partial charge in [0.1, 0.15) is 5.75 Å². The van der Waals surface area contributed by atoms with E-state index in [4.69, 9.17) is 9.47 Å². The number of piperidine rings is 1. The van der Waals surface area contributed by atoms with Crippen molar-refractivity contribution in [1.82, 2.24) is 5.32 Å². The van der Waals surface area contributed by atoms with Crippen LogP contribution in [0.1, 0.15) is 36.8 Å². The van der Waals surface area contributed by atoms with Crippen LogP contribution in [0.25, 0.3) is 0 Å². The van der Waals surface area contributed by atoms with Crippen molar-refractivity contribution in [2.24, 2.45) is 0 Å². The van der Waals surface area contributed by atoms with E-state index >= 15 is 0 Å². The molecule has 0 saturated carbocycles. The molecule has 0 amide bonds. The zero-order chi connectivity index (χ0) is 14.5. The number of rotatable bonds is 4. The third-order valence-corrected chi connectivity index (χ3v) is 3.90. The average Bonchev–Trinajstić information content (AvgIpc) is 2.49. The lowest BCUT2D eigenvalue weighted by Gasteiger charge is -2.26. The van der Waals surface area contributed by atoms with Gasteiger partial charge in [-0.15, -0.1) is 0 Å². The van der Waals surface area contributed by atoms with Gasteiger partial charge in [-0.1, -0.05) is 12.1 Å². The third-order valence-electron chi connectivity index (χ3n) is 3.90. The van der Waals surface area contributed by atoms with Gasteiger partial charge in [-0.2, -0.15) is 0 Å². The van der Waals surface area contributed by atoms with Gasteiger partial charge in [0.2, 0.25) is 0 Å². The van der Waals surface area contributed by atoms with Crippen molar-refractivity contribution in [3.63, 3.8) is 0 Å². The van der Waals surface area contributed by atoms with E-state index in [-0.39, 0.29) is 5.97 Å². The lowest BCUT2D eigenvalue weighted by atomic mass is 9.88. The standard InChI is InChI=1S/C16H23NO3/c1-11-14(13-6-5-9-17-10-13)7-4-8-15(11)20-12(2)16(18)19-3/h4,7-8,12-13,17H,5-6,9-10H2,1-3H3. The van der Waals surface area contributed by atoms with E-state index in [1.54, 1.807) is 6.92 Å². The van der Waals surface area contributed by atoms with Crippen molar-refractivity contribution in [1.29, 1.82) is 0 Å². The highest BCUT2D eigenvalue weighted by Gasteiger charge is 2.20. The normalized spacial score (nSPS) is 20.2. The zero-order valence-corrected chi connectivity index (χ0v) is 12.4. The topological polar surface area (TPSA) is 47.6 Å². The Morgan fingerprint density at radius 2 is 2.25 bits per heavy atom. The molecule has 2 atom stereocenters. The second kappa shape index (κ2) is 6.75. The minimum absolute atomic E-state index is 0.353. The first-order chi connectivity index (χ1) is 9.63. The summed E-state index contributed by atoms with van der Waals surface area (Å²) in [4.78, 5) is 11.5. The first kappa shape index (κ1) is 14.9. The van der Waals surface area contributed by atoms with Crippen LogP contribution in [0.3, 0.4) is 0 Å². The summed E-state index contributed by atoms with van der Waals surface area (Å²) in [7, 11) is 1.37. The highest BCUT2D eigenvalue weighted by molar-refractivity contribution is 5.74. The van der Waals surface area contributed by atoms with Gasteiger partial charge in [0.05, 0.1) is 7.11 Å². The number of carbonyl (C=O) groups is 1. The molecule has 110 valence electrons. The second-order valence-corrected chi connectivity index (χ2v) is 5.30. The van der Waals surface area contributed by atoms with Crippen molar-refractivity contribution < 1.29 is 14.3 Å². The van der Waals surface area contributed by atoms with Crippen LogP contribution in [0, 0.1) is 6.92 Å². The number of methoxy groups -OCH3 is 1. The average molecular weight is 277 g/mol. The summed E-state index contributed by atoms with van der Waals surface area (Å²) in [5.74, 6) is 0.945. The zero-order valence-electron chi connectivity index (χ0n) is 12.4. The van der Waals surface area contributed by atoms with Crippen LogP contribution in [0.15, 0.2) is 18.2 Å². The highest BCUT2D eigenvalue weighted by atomic mass is 16.6. The molecule has 4 heteroatoms. The molecule has 1 aromatic rings. The first-order valence-electron chi connectivity index (χ1n) is 7.18. The fourth-order valence-corrected chi connectivity index (χ4v) is 2.72. The van der Waals surface area contributed by atoms with Crippen molar-refractivity contribution in [2.75, 3.05) is 20.2 Å². The monoisotopic (exact) mass is 277 g/mol. The maximum Gasteiger partial charge on any atom is 0.346 e. The molecule has 1 saturated heterocycles. The predicted molar refractivity (Wildman–Crippen MR) is 78.1 cm³/mol. The van der Waals surface area contributed by atoms with Crippen LogP contribution in [0.4, 0.5) is 0 Å². The largest absolute Gasteiger partial charge is 0.479 e. The maximum absolute atomic E-state index is 11.5. The predicted octanol–water partition coefficient (Wildman–Crippen LogP) is 2.40. The molecule has 2 unspecified atom stereocenters. The summed E-state index contributed by atoms with van der Waals surface area (Å²) >= 11 is 0. The van der Waals surface area contributed by atoms with Crippen LogP contribution in [-0.4, -0.2) is 32.3 Å². The Morgan fingerprint density at radius 3 is 2.90 bits per heavy atom. The Balaban J connectivity index is 2.16. The van der Waals surface area contributed by atoms with Crippen LogP contribution in [0.5, 0.6) is 5.75 Å². The van der Waals surface area contributed by atoms with Crippen molar-refractivity contribution in [3.05, 3.63) is 29.3 Å². The van der Waals surface area contributed by atoms with Crippen molar-refractivity contribution in [2.45, 2.75) is 38.7 Å². The number of hydrogen-bond donors (Lipinski definition) is 1. The Labute approximate surface area is 120 Å². The molecule has 1 fully saturated rings. The number of carbonyl (C=O) groups excluding carboxylic acids is 1. The van der Waals surface area contributed by atoms with E-state index in [1.165, 1.54) is 25.5 Å². The lowest BCUT2D eigenvalue weighted by molar-refractivity contribution is -0.147. The van der Waals surface area contributed by atoms with E-state index in [0.29, 0.717) is 5.92 Å². The summed E-state index contributed by atoms with van der Waals surface area (Å²) in [6.07, 6.45) is 1.82. The minimum atomic E-state index is -0.585. The van der Waals surface area contributed by atoms with E-state index in [1.807, 2.05) is 12.1 Å². The molecular weight excluding hydrogens is 254 g/mol. The molecule has 0 aliphatic carbocycles. The van der Waals surface area contributed by atoms with Crippen molar-refractivity contribution >= 4 is 5.97 Å². The Bertz CT molecular complexity index is 467. The number of esters is 1. The molecule has 1 aliphatic heterocycles. The highest BCUT2D eigenvalue weighted by Crippen LogP contribution is 2.31. The number of benzene rings is 1. The Kier molecular flexibility index (Phi) is 5.01. The SMILES string of the molecule is COC(=O)C(C)Oc1cccc(C2CCCNC2)c1C. The van der Waals surface area contributed by atoms with Crippen LogP contribution in [-0.2, 0) is 9.53 Å². The van der Waals surface area contributed by atoms with E-state index in [9.17, 15) is 4.79 Å². The minimum Gasteiger partial charge on any atom is -0.479 e. The molecular formula is C16H23NO3. The van der Waals surface area contributed by atoms with Gasteiger partial charge in [-0.05, 0) is 56.3 Å². The summed E-state index contributed by atoms with van der Waals surface area (Å²) < 4.78 is 10.4. The third kappa shape index (κ3) is 3.31. The molecule has 0 bridgehead atoms. The van der Waals surface area contributed by atoms with E-state index < -0.39 is 6.10 Å². The molecule has 20 heavy (non-hydrogen) atoms. The van der Waals surface area contributed by atoms with Crippen LogP contribution < -0.4 is 10.1 Å². The molecule has 0 spiro atoms. The molecule has 0 radical (unpaired) electrons. The summed E-state index contributed by atoms with van der Waals surface area (Å²) in [6, 6.07) is 6.06. The van der Waals surface area contributed by atoms with Gasteiger partial charge in [-0.3, -0.25) is 0 Å². The fourth-order valence-electron chi connectivity index (χ4n) is 2.72. The molecule has 1 N–H and O–H groups in total. The quantitative estimate of drug-likeness (QED) is 0.859. The van der Waals surface area contributed by atoms with Gasteiger partial charge in [0.25, 0.3) is 0 Å². The Hall–Kier alpha value is -1.55. The van der Waals surface area contributed by atoms with Crippen LogP contribution >= 0.6 is 0 Å². The van der Waals surface area contributed by atoms with E-state index in [0.717, 1.165) is 24.4 Å². The van der Waals surface area contributed by atoms with Crippen molar-refractivity contribution in [3.8, 4) is 5.75 Å². The van der Waals surface area contributed by atoms with Gasteiger partial charge >= 0.3 is 5.97 Å². The fraction of sp³-hybridized carbons (Fsp3) is 0.562. The summed E-state index contributed by atoms with van der Waals surface area (Å²) in [5, 5.41) is 3.43. The van der Waals surface area contributed by atoms with E-state index in [2.05, 4.69) is 18.3 Å². The van der Waals surface area contributed by atoms with Gasteiger partial charge in [0.15, 0.2) is 6.10 Å². The number of nitrogens with one attached hydrogen (secondary N) is 1.